The molecule has 0 bridgehead atoms. The van der Waals surface area contributed by atoms with Crippen molar-refractivity contribution in [2.75, 3.05) is 5.43 Å². The van der Waals surface area contributed by atoms with E-state index in [0.717, 1.165) is 16.9 Å². The third-order valence-corrected chi connectivity index (χ3v) is 3.35. The summed E-state index contributed by atoms with van der Waals surface area (Å²) in [4.78, 5) is 0. The molecule has 0 saturated heterocycles. The average molecular weight is 325 g/mol. The fourth-order valence-corrected chi connectivity index (χ4v) is 2.07. The Morgan fingerprint density at radius 2 is 1.44 bits per heavy atom. The largest absolute Gasteiger partial charge is 0.276 e. The molecule has 3 aromatic rings. The molecule has 0 heterocycles. The molecule has 0 radical (unpaired) electrons. The number of azo groups is 1. The molecule has 5 nitrogen and oxygen atoms in total. The van der Waals surface area contributed by atoms with Crippen molar-refractivity contribution in [2.24, 2.45) is 15.3 Å². The average Bonchev–Trinajstić information content (AvgIpc) is 2.70. The molecule has 0 aliphatic heterocycles. The van der Waals surface area contributed by atoms with Crippen LogP contribution in [0.15, 0.2) is 100 Å². The molecule has 120 valence electrons. The Labute approximate surface area is 146 Å². The fourth-order valence-electron chi connectivity index (χ4n) is 2.07. The summed E-state index contributed by atoms with van der Waals surface area (Å²) in [6, 6.07) is 28.2. The van der Waals surface area contributed by atoms with Gasteiger partial charge in [0.1, 0.15) is 0 Å². The van der Waals surface area contributed by atoms with Crippen LogP contribution < -0.4 is 5.43 Å². The second-order valence-electron chi connectivity index (χ2n) is 5.14. The van der Waals surface area contributed by atoms with Crippen LogP contribution in [0.4, 0.5) is 11.4 Å². The maximum absolute atomic E-state index is 8.94. The van der Waals surface area contributed by atoms with Crippen LogP contribution in [0.1, 0.15) is 11.1 Å². The van der Waals surface area contributed by atoms with Crippen LogP contribution in [0.2, 0.25) is 0 Å². The van der Waals surface area contributed by atoms with E-state index in [1.807, 2.05) is 60.7 Å². The molecule has 1 N–H and O–H groups in total. The first-order valence-electron chi connectivity index (χ1n) is 7.71. The maximum Gasteiger partial charge on any atom is 0.201 e. The van der Waals surface area contributed by atoms with Crippen molar-refractivity contribution >= 4 is 17.2 Å². The first-order valence-corrected chi connectivity index (χ1v) is 7.71. The van der Waals surface area contributed by atoms with Gasteiger partial charge < -0.3 is 0 Å². The van der Waals surface area contributed by atoms with Gasteiger partial charge in [-0.25, -0.2) is 0 Å². The predicted octanol–water partition coefficient (Wildman–Crippen LogP) is 5.12. The van der Waals surface area contributed by atoms with E-state index in [4.69, 9.17) is 5.26 Å². The molecule has 3 aromatic carbocycles. The summed E-state index contributed by atoms with van der Waals surface area (Å²) in [7, 11) is 0. The minimum Gasteiger partial charge on any atom is -0.276 e. The molecule has 0 saturated carbocycles. The van der Waals surface area contributed by atoms with Crippen LogP contribution in [0.25, 0.3) is 0 Å². The first-order chi connectivity index (χ1) is 12.3. The standard InChI is InChI=1S/C20H15N5/c21-15-16-11-13-17(14-12-16)20(24-22-18-7-3-1-4-8-18)25-23-19-9-5-2-6-10-19/h1-14,22H. The zero-order valence-electron chi connectivity index (χ0n) is 13.4. The van der Waals surface area contributed by atoms with E-state index < -0.39 is 0 Å². The normalized spacial score (nSPS) is 11.2. The number of hydrazone groups is 1. The Morgan fingerprint density at radius 3 is 2.08 bits per heavy atom. The summed E-state index contributed by atoms with van der Waals surface area (Å²) in [5.41, 5.74) is 5.92. The monoisotopic (exact) mass is 325 g/mol. The fraction of sp³-hybridized carbons (Fsp3) is 0. The summed E-state index contributed by atoms with van der Waals surface area (Å²) < 4.78 is 0. The van der Waals surface area contributed by atoms with Gasteiger partial charge in [0.2, 0.25) is 5.84 Å². The minimum absolute atomic E-state index is 0.428. The van der Waals surface area contributed by atoms with Gasteiger partial charge in [-0.1, -0.05) is 36.4 Å². The second kappa shape index (κ2) is 8.18. The van der Waals surface area contributed by atoms with Crippen molar-refractivity contribution in [1.82, 2.24) is 0 Å². The van der Waals surface area contributed by atoms with Gasteiger partial charge >= 0.3 is 0 Å². The molecular weight excluding hydrogens is 310 g/mol. The molecule has 25 heavy (non-hydrogen) atoms. The van der Waals surface area contributed by atoms with Crippen LogP contribution in [-0.2, 0) is 0 Å². The predicted molar refractivity (Wildman–Crippen MR) is 98.7 cm³/mol. The molecule has 3 rings (SSSR count). The van der Waals surface area contributed by atoms with Gasteiger partial charge in [0, 0.05) is 5.56 Å². The third-order valence-electron chi connectivity index (χ3n) is 3.35. The molecular formula is C20H15N5. The Morgan fingerprint density at radius 1 is 0.800 bits per heavy atom. The highest BCUT2D eigenvalue weighted by Gasteiger charge is 2.04. The SMILES string of the molecule is N#Cc1ccc(C(N=Nc2ccccc2)=NNc2ccccc2)cc1. The number of para-hydroxylation sites is 1. The summed E-state index contributed by atoms with van der Waals surface area (Å²) in [6.07, 6.45) is 0. The van der Waals surface area contributed by atoms with E-state index >= 15 is 0 Å². The lowest BCUT2D eigenvalue weighted by Crippen LogP contribution is -2.01. The highest BCUT2D eigenvalue weighted by molar-refractivity contribution is 5.99. The second-order valence-corrected chi connectivity index (χ2v) is 5.14. The van der Waals surface area contributed by atoms with Crippen LogP contribution in [-0.4, -0.2) is 5.84 Å². The van der Waals surface area contributed by atoms with E-state index in [9.17, 15) is 0 Å². The van der Waals surface area contributed by atoms with E-state index in [0.29, 0.717) is 11.4 Å². The molecule has 0 fully saturated rings. The molecule has 0 aliphatic rings. The molecule has 5 heteroatoms. The first kappa shape index (κ1) is 16.1. The number of nitriles is 1. The molecule has 0 atom stereocenters. The molecule has 0 unspecified atom stereocenters. The van der Waals surface area contributed by atoms with Crippen molar-refractivity contribution in [2.45, 2.75) is 0 Å². The summed E-state index contributed by atoms with van der Waals surface area (Å²) in [6.45, 7) is 0. The van der Waals surface area contributed by atoms with Crippen LogP contribution in [0.3, 0.4) is 0 Å². The summed E-state index contributed by atoms with van der Waals surface area (Å²) in [5, 5.41) is 21.8. The van der Waals surface area contributed by atoms with E-state index in [2.05, 4.69) is 26.8 Å². The van der Waals surface area contributed by atoms with Crippen molar-refractivity contribution in [3.8, 4) is 6.07 Å². The highest BCUT2D eigenvalue weighted by Crippen LogP contribution is 2.14. The third kappa shape index (κ3) is 4.60. The van der Waals surface area contributed by atoms with Gasteiger partial charge in [-0.2, -0.15) is 10.4 Å². The Hall–Kier alpha value is -3.78. The summed E-state index contributed by atoms with van der Waals surface area (Å²) in [5.74, 6) is 0.428. The molecule has 0 spiro atoms. The lowest BCUT2D eigenvalue weighted by molar-refractivity contribution is 1.22. The molecule has 0 amide bonds. The van der Waals surface area contributed by atoms with Gasteiger partial charge in [0.25, 0.3) is 0 Å². The van der Waals surface area contributed by atoms with Gasteiger partial charge in [-0.05, 0) is 48.5 Å². The number of hydrogen-bond acceptors (Lipinski definition) is 4. The van der Waals surface area contributed by atoms with Gasteiger partial charge in [-0.15, -0.1) is 10.2 Å². The van der Waals surface area contributed by atoms with Crippen molar-refractivity contribution in [3.63, 3.8) is 0 Å². The van der Waals surface area contributed by atoms with Crippen LogP contribution in [0, 0.1) is 11.3 Å². The van der Waals surface area contributed by atoms with Crippen molar-refractivity contribution in [1.29, 1.82) is 5.26 Å². The minimum atomic E-state index is 0.428. The smallest absolute Gasteiger partial charge is 0.201 e. The van der Waals surface area contributed by atoms with Crippen molar-refractivity contribution < 1.29 is 0 Å². The summed E-state index contributed by atoms with van der Waals surface area (Å²) >= 11 is 0. The van der Waals surface area contributed by atoms with Crippen LogP contribution >= 0.6 is 0 Å². The highest BCUT2D eigenvalue weighted by atomic mass is 15.3. The number of nitrogens with zero attached hydrogens (tertiary/aromatic N) is 4. The maximum atomic E-state index is 8.94. The van der Waals surface area contributed by atoms with E-state index in [1.54, 1.807) is 24.3 Å². The topological polar surface area (TPSA) is 72.9 Å². The molecule has 0 aromatic heterocycles. The van der Waals surface area contributed by atoms with Crippen LogP contribution in [0.5, 0.6) is 0 Å². The van der Waals surface area contributed by atoms with Gasteiger partial charge in [0.05, 0.1) is 23.0 Å². The Balaban J connectivity index is 1.89. The number of amidine groups is 1. The number of rotatable bonds is 4. The van der Waals surface area contributed by atoms with Gasteiger partial charge in [0.15, 0.2) is 0 Å². The van der Waals surface area contributed by atoms with E-state index in [-0.39, 0.29) is 0 Å². The zero-order chi connectivity index (χ0) is 17.3. The van der Waals surface area contributed by atoms with Gasteiger partial charge in [-0.3, -0.25) is 5.43 Å². The number of benzene rings is 3. The Bertz CT molecular complexity index is 908. The van der Waals surface area contributed by atoms with E-state index in [1.165, 1.54) is 0 Å². The zero-order valence-corrected chi connectivity index (χ0v) is 13.4. The number of anilines is 1. The number of nitrogens with one attached hydrogen (secondary N) is 1. The quantitative estimate of drug-likeness (QED) is 0.313. The number of hydrogen-bond donors (Lipinski definition) is 1. The lowest BCUT2D eigenvalue weighted by Gasteiger charge is -2.03. The molecule has 0 aliphatic carbocycles. The van der Waals surface area contributed by atoms with Crippen molar-refractivity contribution in [3.05, 3.63) is 96.1 Å². The lowest BCUT2D eigenvalue weighted by atomic mass is 10.1. The Kier molecular flexibility index (Phi) is 5.26.